The largest absolute Gasteiger partial charge is 0.392 e. The SMILES string of the molecule is NC(=S)N/N=C/c1cc(CO)cs1. The molecule has 0 aliphatic carbocycles. The lowest BCUT2D eigenvalue weighted by molar-refractivity contribution is 0.282. The molecule has 70 valence electrons. The van der Waals surface area contributed by atoms with Gasteiger partial charge in [0.1, 0.15) is 0 Å². The van der Waals surface area contributed by atoms with Crippen LogP contribution in [0, 0.1) is 0 Å². The van der Waals surface area contributed by atoms with E-state index in [1.807, 2.05) is 11.4 Å². The van der Waals surface area contributed by atoms with Crippen molar-refractivity contribution in [2.75, 3.05) is 0 Å². The Labute approximate surface area is 85.1 Å². The van der Waals surface area contributed by atoms with Crippen LogP contribution in [0.4, 0.5) is 0 Å². The van der Waals surface area contributed by atoms with Crippen molar-refractivity contribution in [1.82, 2.24) is 5.43 Å². The van der Waals surface area contributed by atoms with Crippen molar-refractivity contribution < 1.29 is 5.11 Å². The Bertz CT molecular complexity index is 321. The normalized spacial score (nSPS) is 10.5. The van der Waals surface area contributed by atoms with Crippen molar-refractivity contribution in [1.29, 1.82) is 0 Å². The second kappa shape index (κ2) is 4.90. The van der Waals surface area contributed by atoms with Gasteiger partial charge in [-0.3, -0.25) is 5.43 Å². The third kappa shape index (κ3) is 3.49. The summed E-state index contributed by atoms with van der Waals surface area (Å²) in [7, 11) is 0. The molecule has 1 rings (SSSR count). The summed E-state index contributed by atoms with van der Waals surface area (Å²) in [6.45, 7) is 0.0487. The predicted octanol–water partition coefficient (Wildman–Crippen LogP) is 0.408. The molecule has 4 nitrogen and oxygen atoms in total. The minimum absolute atomic E-state index is 0.0487. The molecule has 0 fully saturated rings. The molecule has 4 N–H and O–H groups in total. The molecule has 0 bridgehead atoms. The first-order valence-electron chi connectivity index (χ1n) is 3.49. The van der Waals surface area contributed by atoms with Crippen LogP contribution in [-0.4, -0.2) is 16.4 Å². The van der Waals surface area contributed by atoms with E-state index >= 15 is 0 Å². The van der Waals surface area contributed by atoms with E-state index in [-0.39, 0.29) is 11.7 Å². The number of nitrogens with zero attached hydrogens (tertiary/aromatic N) is 1. The van der Waals surface area contributed by atoms with E-state index in [0.29, 0.717) is 0 Å². The van der Waals surface area contributed by atoms with Gasteiger partial charge in [0.25, 0.3) is 0 Å². The maximum atomic E-state index is 8.77. The standard InChI is InChI=1S/C7H9N3OS2/c8-7(12)10-9-2-6-1-5(3-11)4-13-6/h1-2,4,11H,3H2,(H3,8,10,12)/b9-2+. The van der Waals surface area contributed by atoms with Crippen LogP contribution in [0.2, 0.25) is 0 Å². The van der Waals surface area contributed by atoms with Crippen LogP contribution in [0.1, 0.15) is 10.4 Å². The Hall–Kier alpha value is -0.980. The van der Waals surface area contributed by atoms with E-state index in [0.717, 1.165) is 10.4 Å². The van der Waals surface area contributed by atoms with Crippen LogP contribution in [0.3, 0.4) is 0 Å². The molecule has 0 saturated heterocycles. The first kappa shape index (κ1) is 10.1. The summed E-state index contributed by atoms with van der Waals surface area (Å²) in [6.07, 6.45) is 1.60. The highest BCUT2D eigenvalue weighted by atomic mass is 32.1. The third-order valence-corrected chi connectivity index (χ3v) is 2.23. The number of rotatable bonds is 3. The van der Waals surface area contributed by atoms with Gasteiger partial charge >= 0.3 is 0 Å². The highest BCUT2D eigenvalue weighted by molar-refractivity contribution is 7.80. The molecule has 0 aromatic carbocycles. The van der Waals surface area contributed by atoms with E-state index in [1.165, 1.54) is 11.3 Å². The van der Waals surface area contributed by atoms with E-state index in [9.17, 15) is 0 Å². The maximum absolute atomic E-state index is 8.77. The number of aliphatic hydroxyl groups excluding tert-OH is 1. The molecule has 1 aromatic rings. The zero-order chi connectivity index (χ0) is 9.68. The number of hydrogen-bond donors (Lipinski definition) is 3. The summed E-state index contributed by atoms with van der Waals surface area (Å²) < 4.78 is 0. The number of thiocarbonyl (C=S) groups is 1. The van der Waals surface area contributed by atoms with Crippen LogP contribution < -0.4 is 11.2 Å². The first-order chi connectivity index (χ1) is 6.22. The number of nitrogens with one attached hydrogen (secondary N) is 1. The zero-order valence-corrected chi connectivity index (χ0v) is 8.36. The summed E-state index contributed by atoms with van der Waals surface area (Å²) in [5.74, 6) is 0. The number of nitrogens with two attached hydrogens (primary N) is 1. The van der Waals surface area contributed by atoms with Gasteiger partial charge < -0.3 is 10.8 Å². The Kier molecular flexibility index (Phi) is 3.81. The second-order valence-corrected chi connectivity index (χ2v) is 3.63. The van der Waals surface area contributed by atoms with Gasteiger partial charge in [0.15, 0.2) is 5.11 Å². The molecule has 0 spiro atoms. The average Bonchev–Trinajstić information content (AvgIpc) is 2.52. The van der Waals surface area contributed by atoms with Gasteiger partial charge in [-0.2, -0.15) is 5.10 Å². The summed E-state index contributed by atoms with van der Waals surface area (Å²) in [5.41, 5.74) is 8.48. The number of hydrazone groups is 1. The topological polar surface area (TPSA) is 70.6 Å². The number of hydrogen-bond acceptors (Lipinski definition) is 4. The number of thiophene rings is 1. The molecule has 0 unspecified atom stereocenters. The van der Waals surface area contributed by atoms with Crippen molar-refractivity contribution in [3.63, 3.8) is 0 Å². The van der Waals surface area contributed by atoms with E-state index in [1.54, 1.807) is 6.21 Å². The van der Waals surface area contributed by atoms with Crippen LogP contribution in [0.25, 0.3) is 0 Å². The first-order valence-corrected chi connectivity index (χ1v) is 4.78. The highest BCUT2D eigenvalue weighted by Gasteiger charge is 1.94. The van der Waals surface area contributed by atoms with Gasteiger partial charge in [-0.1, -0.05) is 0 Å². The zero-order valence-electron chi connectivity index (χ0n) is 6.73. The van der Waals surface area contributed by atoms with Crippen LogP contribution >= 0.6 is 23.6 Å². The average molecular weight is 215 g/mol. The Morgan fingerprint density at radius 3 is 3.15 bits per heavy atom. The fourth-order valence-electron chi connectivity index (χ4n) is 0.705. The van der Waals surface area contributed by atoms with Gasteiger partial charge in [-0.25, -0.2) is 0 Å². The van der Waals surface area contributed by atoms with Gasteiger partial charge in [0.05, 0.1) is 12.8 Å². The summed E-state index contributed by atoms with van der Waals surface area (Å²) in [4.78, 5) is 0.938. The smallest absolute Gasteiger partial charge is 0.184 e. The lowest BCUT2D eigenvalue weighted by atomic mass is 10.3. The van der Waals surface area contributed by atoms with Crippen molar-refractivity contribution >= 4 is 34.9 Å². The third-order valence-electron chi connectivity index (χ3n) is 1.22. The minimum Gasteiger partial charge on any atom is -0.392 e. The van der Waals surface area contributed by atoms with Gasteiger partial charge in [-0.15, -0.1) is 11.3 Å². The van der Waals surface area contributed by atoms with E-state index in [4.69, 9.17) is 10.8 Å². The van der Waals surface area contributed by atoms with Gasteiger partial charge in [0, 0.05) is 4.88 Å². The molecule has 1 aromatic heterocycles. The molecule has 0 aliphatic heterocycles. The van der Waals surface area contributed by atoms with Crippen LogP contribution in [-0.2, 0) is 6.61 Å². The predicted molar refractivity (Wildman–Crippen MR) is 57.8 cm³/mol. The highest BCUT2D eigenvalue weighted by Crippen LogP contribution is 2.11. The Morgan fingerprint density at radius 1 is 1.85 bits per heavy atom. The molecule has 0 saturated carbocycles. The van der Waals surface area contributed by atoms with Gasteiger partial charge in [0.2, 0.25) is 0 Å². The molecule has 0 radical (unpaired) electrons. The fraction of sp³-hybridized carbons (Fsp3) is 0.143. The van der Waals surface area contributed by atoms with E-state index < -0.39 is 0 Å². The molecule has 1 heterocycles. The maximum Gasteiger partial charge on any atom is 0.184 e. The molecular weight excluding hydrogens is 206 g/mol. The monoisotopic (exact) mass is 215 g/mol. The molecule has 6 heteroatoms. The van der Waals surface area contributed by atoms with Crippen LogP contribution in [0.5, 0.6) is 0 Å². The number of aliphatic hydroxyl groups is 1. The molecular formula is C7H9N3OS2. The lowest BCUT2D eigenvalue weighted by Gasteiger charge is -1.91. The lowest BCUT2D eigenvalue weighted by Crippen LogP contribution is -2.23. The minimum atomic E-state index is 0.0487. The quantitative estimate of drug-likeness (QED) is 0.388. The van der Waals surface area contributed by atoms with Crippen molar-refractivity contribution in [2.45, 2.75) is 6.61 Å². The molecule has 0 aliphatic rings. The Balaban J connectivity index is 2.53. The Morgan fingerprint density at radius 2 is 2.62 bits per heavy atom. The summed E-state index contributed by atoms with van der Waals surface area (Å²) >= 11 is 6.05. The van der Waals surface area contributed by atoms with Crippen molar-refractivity contribution in [2.24, 2.45) is 10.8 Å². The van der Waals surface area contributed by atoms with Crippen molar-refractivity contribution in [3.05, 3.63) is 21.9 Å². The fourth-order valence-corrected chi connectivity index (χ4v) is 1.52. The van der Waals surface area contributed by atoms with Gasteiger partial charge in [-0.05, 0) is 29.2 Å². The molecule has 13 heavy (non-hydrogen) atoms. The molecule has 0 amide bonds. The second-order valence-electron chi connectivity index (χ2n) is 2.25. The molecule has 0 atom stereocenters. The summed E-state index contributed by atoms with van der Waals surface area (Å²) in [6, 6.07) is 1.84. The van der Waals surface area contributed by atoms with Crippen LogP contribution in [0.15, 0.2) is 16.5 Å². The summed E-state index contributed by atoms with van der Waals surface area (Å²) in [5, 5.41) is 14.5. The van der Waals surface area contributed by atoms with Crippen molar-refractivity contribution in [3.8, 4) is 0 Å². The van der Waals surface area contributed by atoms with E-state index in [2.05, 4.69) is 22.7 Å².